The quantitative estimate of drug-likeness (QED) is 0.712. The van der Waals surface area contributed by atoms with E-state index >= 15 is 0 Å². The van der Waals surface area contributed by atoms with E-state index in [1.807, 2.05) is 0 Å². The first-order chi connectivity index (χ1) is 7.58. The molecule has 2 aliphatic rings. The zero-order valence-corrected chi connectivity index (χ0v) is 11.3. The molecular weight excluding hydrogens is 198 g/mol. The average molecular weight is 225 g/mol. The fraction of sp³-hybridized carbons (Fsp3) is 1.00. The third-order valence-electron chi connectivity index (χ3n) is 4.37. The van der Waals surface area contributed by atoms with Crippen molar-refractivity contribution in [2.45, 2.75) is 44.8 Å². The molecule has 3 heteroatoms. The van der Waals surface area contributed by atoms with Crippen LogP contribution in [0.15, 0.2) is 0 Å². The van der Waals surface area contributed by atoms with Gasteiger partial charge in [0, 0.05) is 31.2 Å². The lowest BCUT2D eigenvalue weighted by Gasteiger charge is -2.49. The van der Waals surface area contributed by atoms with Gasteiger partial charge in [-0.05, 0) is 53.9 Å². The van der Waals surface area contributed by atoms with E-state index in [9.17, 15) is 0 Å². The highest BCUT2D eigenvalue weighted by atomic mass is 15.3. The molecule has 0 bridgehead atoms. The van der Waals surface area contributed by atoms with Crippen molar-refractivity contribution in [2.75, 3.05) is 40.3 Å². The van der Waals surface area contributed by atoms with Crippen molar-refractivity contribution in [1.29, 1.82) is 0 Å². The largest absolute Gasteiger partial charge is 0.304 e. The minimum atomic E-state index is 0.729. The minimum absolute atomic E-state index is 0.729. The van der Waals surface area contributed by atoms with Crippen LogP contribution in [-0.4, -0.2) is 73.1 Å². The van der Waals surface area contributed by atoms with E-state index in [1.54, 1.807) is 0 Å². The maximum absolute atomic E-state index is 2.68. The normalized spacial score (nSPS) is 26.6. The molecule has 0 aromatic carbocycles. The number of nitrogens with zero attached hydrogens (tertiary/aromatic N) is 3. The smallest absolute Gasteiger partial charge is 0.0344 e. The van der Waals surface area contributed by atoms with Gasteiger partial charge in [-0.3, -0.25) is 4.90 Å². The topological polar surface area (TPSA) is 9.72 Å². The van der Waals surface area contributed by atoms with Crippen LogP contribution in [0.4, 0.5) is 0 Å². The van der Waals surface area contributed by atoms with E-state index in [4.69, 9.17) is 0 Å². The van der Waals surface area contributed by atoms with Crippen molar-refractivity contribution in [3.63, 3.8) is 0 Å². The van der Waals surface area contributed by atoms with Crippen LogP contribution in [0.1, 0.15) is 26.7 Å². The predicted octanol–water partition coefficient (Wildman–Crippen LogP) is 1.10. The Labute approximate surface area is 100 Å². The summed E-state index contributed by atoms with van der Waals surface area (Å²) in [5.41, 5.74) is 0. The fourth-order valence-electron chi connectivity index (χ4n) is 2.88. The van der Waals surface area contributed by atoms with Gasteiger partial charge in [-0.2, -0.15) is 0 Å². The summed E-state index contributed by atoms with van der Waals surface area (Å²) in [6.07, 6.45) is 2.75. The lowest BCUT2D eigenvalue weighted by Crippen LogP contribution is -2.62. The molecule has 0 spiro atoms. The Balaban J connectivity index is 1.71. The molecule has 0 radical (unpaired) electrons. The van der Waals surface area contributed by atoms with Gasteiger partial charge >= 0.3 is 0 Å². The third-order valence-corrected chi connectivity index (χ3v) is 4.37. The Hall–Kier alpha value is -0.120. The van der Waals surface area contributed by atoms with E-state index in [0.717, 1.165) is 18.1 Å². The van der Waals surface area contributed by atoms with E-state index in [0.29, 0.717) is 0 Å². The van der Waals surface area contributed by atoms with Crippen LogP contribution < -0.4 is 0 Å². The van der Waals surface area contributed by atoms with Gasteiger partial charge in [-0.25, -0.2) is 0 Å². The van der Waals surface area contributed by atoms with Crippen molar-refractivity contribution in [3.05, 3.63) is 0 Å². The van der Waals surface area contributed by atoms with Gasteiger partial charge in [-0.15, -0.1) is 0 Å². The highest BCUT2D eigenvalue weighted by molar-refractivity contribution is 4.92. The van der Waals surface area contributed by atoms with Gasteiger partial charge in [0.1, 0.15) is 0 Å². The maximum Gasteiger partial charge on any atom is 0.0344 e. The molecule has 0 aromatic rings. The summed E-state index contributed by atoms with van der Waals surface area (Å²) >= 11 is 0. The van der Waals surface area contributed by atoms with E-state index in [2.05, 4.69) is 42.6 Å². The zero-order chi connectivity index (χ0) is 11.7. The van der Waals surface area contributed by atoms with Gasteiger partial charge < -0.3 is 9.80 Å². The molecule has 0 unspecified atom stereocenters. The maximum atomic E-state index is 2.68. The molecule has 2 fully saturated rings. The summed E-state index contributed by atoms with van der Waals surface area (Å²) in [5, 5.41) is 0. The summed E-state index contributed by atoms with van der Waals surface area (Å²) in [6.45, 7) is 9.80. The number of hydrogen-bond donors (Lipinski definition) is 0. The lowest BCUT2D eigenvalue weighted by atomic mass is 9.96. The van der Waals surface area contributed by atoms with Gasteiger partial charge in [-0.1, -0.05) is 0 Å². The van der Waals surface area contributed by atoms with Gasteiger partial charge in [0.15, 0.2) is 0 Å². The monoisotopic (exact) mass is 225 g/mol. The van der Waals surface area contributed by atoms with Gasteiger partial charge in [0.2, 0.25) is 0 Å². The predicted molar refractivity (Wildman–Crippen MR) is 68.8 cm³/mol. The number of likely N-dealkylation sites (N-methyl/N-ethyl adjacent to an activating group) is 1. The SMILES string of the molecule is CC(C)N1CCC(N2CC(N(C)C)C2)CC1. The van der Waals surface area contributed by atoms with Crippen LogP contribution in [0.25, 0.3) is 0 Å². The van der Waals surface area contributed by atoms with Crippen LogP contribution in [0.5, 0.6) is 0 Å². The van der Waals surface area contributed by atoms with Crippen LogP contribution in [0, 0.1) is 0 Å². The second kappa shape index (κ2) is 5.03. The Bertz CT molecular complexity index is 213. The Morgan fingerprint density at radius 2 is 1.62 bits per heavy atom. The lowest BCUT2D eigenvalue weighted by molar-refractivity contribution is -0.00108. The Morgan fingerprint density at radius 3 is 2.06 bits per heavy atom. The van der Waals surface area contributed by atoms with Crippen molar-refractivity contribution < 1.29 is 0 Å². The molecule has 0 atom stereocenters. The Morgan fingerprint density at radius 1 is 1.06 bits per heavy atom. The second-order valence-electron chi connectivity index (χ2n) is 5.93. The van der Waals surface area contributed by atoms with Crippen LogP contribution >= 0.6 is 0 Å². The second-order valence-corrected chi connectivity index (χ2v) is 5.93. The van der Waals surface area contributed by atoms with E-state index in [-0.39, 0.29) is 0 Å². The van der Waals surface area contributed by atoms with Crippen molar-refractivity contribution in [1.82, 2.24) is 14.7 Å². The summed E-state index contributed by atoms with van der Waals surface area (Å²) < 4.78 is 0. The molecule has 0 N–H and O–H groups in total. The molecule has 16 heavy (non-hydrogen) atoms. The number of hydrogen-bond acceptors (Lipinski definition) is 3. The van der Waals surface area contributed by atoms with Crippen LogP contribution in [-0.2, 0) is 0 Å². The van der Waals surface area contributed by atoms with E-state index < -0.39 is 0 Å². The molecule has 94 valence electrons. The van der Waals surface area contributed by atoms with Crippen molar-refractivity contribution >= 4 is 0 Å². The van der Waals surface area contributed by atoms with Gasteiger partial charge in [0.25, 0.3) is 0 Å². The minimum Gasteiger partial charge on any atom is -0.304 e. The molecule has 0 aliphatic carbocycles. The third kappa shape index (κ3) is 2.58. The highest BCUT2D eigenvalue weighted by Gasteiger charge is 2.35. The molecule has 2 rings (SSSR count). The van der Waals surface area contributed by atoms with Crippen molar-refractivity contribution in [3.8, 4) is 0 Å². The molecule has 2 saturated heterocycles. The standard InChI is InChI=1S/C13H27N3/c1-11(2)15-7-5-12(6-8-15)16-9-13(10-16)14(3)4/h11-13H,5-10H2,1-4H3. The first kappa shape index (κ1) is 12.3. The molecule has 2 aliphatic heterocycles. The average Bonchev–Trinajstić information content (AvgIpc) is 2.15. The molecule has 0 aromatic heterocycles. The highest BCUT2D eigenvalue weighted by Crippen LogP contribution is 2.24. The number of rotatable bonds is 3. The summed E-state index contributed by atoms with van der Waals surface area (Å²) in [4.78, 5) is 7.65. The summed E-state index contributed by atoms with van der Waals surface area (Å²) in [7, 11) is 4.40. The van der Waals surface area contributed by atoms with Crippen molar-refractivity contribution in [2.24, 2.45) is 0 Å². The Kier molecular flexibility index (Phi) is 3.88. The molecule has 0 amide bonds. The molecule has 3 nitrogen and oxygen atoms in total. The van der Waals surface area contributed by atoms with E-state index in [1.165, 1.54) is 39.0 Å². The molecule has 2 heterocycles. The first-order valence-corrected chi connectivity index (χ1v) is 6.72. The van der Waals surface area contributed by atoms with Crippen LogP contribution in [0.2, 0.25) is 0 Å². The molecule has 0 saturated carbocycles. The van der Waals surface area contributed by atoms with Crippen LogP contribution in [0.3, 0.4) is 0 Å². The summed E-state index contributed by atoms with van der Waals surface area (Å²) in [5.74, 6) is 0. The number of piperidine rings is 1. The fourth-order valence-corrected chi connectivity index (χ4v) is 2.88. The van der Waals surface area contributed by atoms with Gasteiger partial charge in [0.05, 0.1) is 0 Å². The molecular formula is C13H27N3. The zero-order valence-electron chi connectivity index (χ0n) is 11.3. The summed E-state index contributed by atoms with van der Waals surface area (Å²) in [6, 6.07) is 2.40. The first-order valence-electron chi connectivity index (χ1n) is 6.72. The number of likely N-dealkylation sites (tertiary alicyclic amines) is 2.